The van der Waals surface area contributed by atoms with Crippen LogP contribution >= 0.6 is 15.9 Å². The van der Waals surface area contributed by atoms with Crippen molar-refractivity contribution >= 4 is 55.2 Å². The van der Waals surface area contributed by atoms with Gasteiger partial charge >= 0.3 is 5.97 Å². The molecule has 2 aliphatic heterocycles. The molecule has 0 aromatic rings. The van der Waals surface area contributed by atoms with Gasteiger partial charge in [-0.1, -0.05) is 48.5 Å². The Balaban J connectivity index is 2.02. The Morgan fingerprint density at radius 1 is 1.52 bits per heavy atom. The summed E-state index contributed by atoms with van der Waals surface area (Å²) >= 11 is 1.94. The lowest BCUT2D eigenvalue weighted by molar-refractivity contribution is -0.149. The summed E-state index contributed by atoms with van der Waals surface area (Å²) in [6.07, 6.45) is 4.96. The van der Waals surface area contributed by atoms with Gasteiger partial charge in [0.25, 0.3) is 5.91 Å². The molecule has 0 aliphatic carbocycles. The number of fused-ring (bicyclic) bond motifs is 1. The fraction of sp³-hybridized carbons (Fsp3) is 0.667. The predicted octanol–water partition coefficient (Wildman–Crippen LogP) is 0.306. The van der Waals surface area contributed by atoms with Crippen molar-refractivity contribution in [2.45, 2.75) is 50.1 Å². The summed E-state index contributed by atoms with van der Waals surface area (Å²) in [5.74, 6) is -0.726. The number of carbonyl (C=O) groups excluding carboxylic acids is 3. The molecular formula is C15H23BrN2O5SSi. The first-order valence-corrected chi connectivity index (χ1v) is 12.5. The third kappa shape index (κ3) is 4.47. The second-order valence-corrected chi connectivity index (χ2v) is 9.52. The van der Waals surface area contributed by atoms with Crippen molar-refractivity contribution in [2.24, 2.45) is 0 Å². The van der Waals surface area contributed by atoms with Gasteiger partial charge < -0.3 is 14.3 Å². The normalized spacial score (nSPS) is 25.8. The van der Waals surface area contributed by atoms with Crippen molar-refractivity contribution < 1.29 is 23.4 Å². The van der Waals surface area contributed by atoms with Crippen LogP contribution in [0.25, 0.3) is 0 Å². The molecule has 2 amide bonds. The maximum Gasteiger partial charge on any atom is 0.341 e. The van der Waals surface area contributed by atoms with Crippen LogP contribution in [-0.4, -0.2) is 60.0 Å². The SMILES string of the molecule is CCCCCC[SiH2]OC(=O)C1=C(CBr)C[S+]([O-])[C@H]2C(NC=O)C(=O)N12. The second kappa shape index (κ2) is 9.74. The zero-order valence-corrected chi connectivity index (χ0v) is 18.0. The average Bonchev–Trinajstić information content (AvgIpc) is 2.61. The van der Waals surface area contributed by atoms with Crippen LogP contribution in [-0.2, 0) is 30.0 Å². The smallest absolute Gasteiger partial charge is 0.341 e. The highest BCUT2D eigenvalue weighted by molar-refractivity contribution is 9.09. The molecular weight excluding hydrogens is 428 g/mol. The molecule has 2 aliphatic rings. The first-order valence-electron chi connectivity index (χ1n) is 8.41. The summed E-state index contributed by atoms with van der Waals surface area (Å²) in [5, 5.41) is 2.05. The van der Waals surface area contributed by atoms with Crippen molar-refractivity contribution in [2.75, 3.05) is 11.1 Å². The molecule has 1 N–H and O–H groups in total. The molecule has 2 heterocycles. The number of carbonyl (C=O) groups is 3. The van der Waals surface area contributed by atoms with Gasteiger partial charge in [-0.15, -0.1) is 0 Å². The molecule has 0 aromatic heterocycles. The highest BCUT2D eigenvalue weighted by Crippen LogP contribution is 2.37. The number of unbranched alkanes of at least 4 members (excludes halogenated alkanes) is 3. The first kappa shape index (κ1) is 20.5. The van der Waals surface area contributed by atoms with Crippen LogP contribution in [0, 0.1) is 0 Å². The standard InChI is InChI=1S/C15H23BrN2O5SSi/c1-2-3-4-5-6-25-23-15(21)12-10(7-16)8-24(22)14-11(17-9-19)13(20)18(12)14/h9,11,14H,2-8,25H2,1H3,(H,17,19)/t11?,14-,24?/m0/s1. The van der Waals surface area contributed by atoms with E-state index in [-0.39, 0.29) is 11.4 Å². The average molecular weight is 451 g/mol. The fourth-order valence-electron chi connectivity index (χ4n) is 2.98. The number of nitrogens with zero attached hydrogens (tertiary/aromatic N) is 1. The van der Waals surface area contributed by atoms with Gasteiger partial charge in [-0.05, 0) is 17.2 Å². The van der Waals surface area contributed by atoms with Crippen LogP contribution in [0.3, 0.4) is 0 Å². The minimum atomic E-state index is -1.36. The number of amides is 2. The summed E-state index contributed by atoms with van der Waals surface area (Å²) < 4.78 is 17.8. The number of nitrogens with one attached hydrogen (secondary N) is 1. The largest absolute Gasteiger partial charge is 0.614 e. The molecule has 1 fully saturated rings. The van der Waals surface area contributed by atoms with Gasteiger partial charge in [0, 0.05) is 10.9 Å². The Labute approximate surface area is 161 Å². The third-order valence-electron chi connectivity index (χ3n) is 4.29. The van der Waals surface area contributed by atoms with E-state index < -0.39 is 44.2 Å². The molecule has 2 rings (SSSR count). The van der Waals surface area contributed by atoms with Gasteiger partial charge in [-0.3, -0.25) is 14.5 Å². The third-order valence-corrected chi connectivity index (χ3v) is 7.87. The lowest BCUT2D eigenvalue weighted by atomic mass is 10.0. The molecule has 0 bridgehead atoms. The zero-order valence-electron chi connectivity index (χ0n) is 14.2. The quantitative estimate of drug-likeness (QED) is 0.129. The summed E-state index contributed by atoms with van der Waals surface area (Å²) in [5.41, 5.74) is 0.814. The maximum absolute atomic E-state index is 12.5. The highest BCUT2D eigenvalue weighted by atomic mass is 79.9. The molecule has 7 nitrogen and oxygen atoms in total. The minimum absolute atomic E-state index is 0.194. The minimum Gasteiger partial charge on any atom is -0.614 e. The monoisotopic (exact) mass is 450 g/mol. The Morgan fingerprint density at radius 3 is 2.92 bits per heavy atom. The Morgan fingerprint density at radius 2 is 2.28 bits per heavy atom. The summed E-state index contributed by atoms with van der Waals surface area (Å²) in [7, 11) is -0.992. The second-order valence-electron chi connectivity index (χ2n) is 6.02. The molecule has 10 heteroatoms. The number of halogens is 1. The van der Waals surface area contributed by atoms with Crippen molar-refractivity contribution in [1.29, 1.82) is 0 Å². The predicted molar refractivity (Wildman–Crippen MR) is 101 cm³/mol. The number of rotatable bonds is 10. The fourth-order valence-corrected chi connectivity index (χ4v) is 6.42. The van der Waals surface area contributed by atoms with Gasteiger partial charge in [0.1, 0.15) is 11.4 Å². The van der Waals surface area contributed by atoms with E-state index >= 15 is 0 Å². The van der Waals surface area contributed by atoms with Crippen molar-refractivity contribution in [3.05, 3.63) is 11.3 Å². The molecule has 1 saturated heterocycles. The molecule has 0 aromatic carbocycles. The van der Waals surface area contributed by atoms with E-state index in [2.05, 4.69) is 28.2 Å². The van der Waals surface area contributed by atoms with Gasteiger partial charge in [-0.25, -0.2) is 4.79 Å². The van der Waals surface area contributed by atoms with Crippen LogP contribution in [0.1, 0.15) is 32.6 Å². The van der Waals surface area contributed by atoms with E-state index in [4.69, 9.17) is 4.43 Å². The number of alkyl halides is 1. The van der Waals surface area contributed by atoms with E-state index in [0.29, 0.717) is 17.3 Å². The maximum atomic E-state index is 12.5. The summed E-state index contributed by atoms with van der Waals surface area (Å²) in [4.78, 5) is 36.7. The molecule has 140 valence electrons. The van der Waals surface area contributed by atoms with Crippen LogP contribution in [0.5, 0.6) is 0 Å². The van der Waals surface area contributed by atoms with E-state index in [0.717, 1.165) is 25.3 Å². The van der Waals surface area contributed by atoms with Crippen molar-refractivity contribution in [3.8, 4) is 0 Å². The lowest BCUT2D eigenvalue weighted by Gasteiger charge is -2.48. The van der Waals surface area contributed by atoms with Crippen LogP contribution in [0.15, 0.2) is 11.3 Å². The van der Waals surface area contributed by atoms with Crippen molar-refractivity contribution in [1.82, 2.24) is 10.2 Å². The molecule has 2 unspecified atom stereocenters. The van der Waals surface area contributed by atoms with Gasteiger partial charge in [-0.2, -0.15) is 0 Å². The van der Waals surface area contributed by atoms with Crippen LogP contribution in [0.2, 0.25) is 6.04 Å². The summed E-state index contributed by atoms with van der Waals surface area (Å²) in [6, 6.07) is 0.0886. The van der Waals surface area contributed by atoms with E-state index in [1.54, 1.807) is 0 Å². The van der Waals surface area contributed by atoms with E-state index in [1.165, 1.54) is 11.3 Å². The van der Waals surface area contributed by atoms with Gasteiger partial charge in [0.15, 0.2) is 6.04 Å². The number of hydrogen-bond donors (Lipinski definition) is 1. The lowest BCUT2D eigenvalue weighted by Crippen LogP contribution is -2.74. The number of β-lactam (4-membered cyclic amide) rings is 1. The Bertz CT molecular complexity index is 562. The van der Waals surface area contributed by atoms with Gasteiger partial charge in [0.2, 0.25) is 21.5 Å². The summed E-state index contributed by atoms with van der Waals surface area (Å²) in [6.45, 7) is 2.14. The number of hydrogen-bond acceptors (Lipinski definition) is 5. The molecule has 3 atom stereocenters. The highest BCUT2D eigenvalue weighted by Gasteiger charge is 2.60. The van der Waals surface area contributed by atoms with Crippen LogP contribution in [0.4, 0.5) is 0 Å². The molecule has 25 heavy (non-hydrogen) atoms. The zero-order chi connectivity index (χ0) is 18.4. The van der Waals surface area contributed by atoms with E-state index in [9.17, 15) is 18.9 Å². The first-order chi connectivity index (χ1) is 12.1. The van der Waals surface area contributed by atoms with E-state index in [1.807, 2.05) is 0 Å². The molecule has 0 radical (unpaired) electrons. The van der Waals surface area contributed by atoms with Crippen LogP contribution < -0.4 is 5.32 Å². The van der Waals surface area contributed by atoms with Crippen molar-refractivity contribution in [3.63, 3.8) is 0 Å². The Kier molecular flexibility index (Phi) is 7.98. The Hall–Kier alpha value is -0.843. The van der Waals surface area contributed by atoms with Gasteiger partial charge in [0.05, 0.1) is 0 Å². The topological polar surface area (TPSA) is 98.8 Å². The molecule has 0 spiro atoms. The molecule has 0 saturated carbocycles.